The summed E-state index contributed by atoms with van der Waals surface area (Å²) in [7, 11) is 1.72. The van der Waals surface area contributed by atoms with Crippen molar-refractivity contribution in [1.29, 1.82) is 0 Å². The number of hydrogen-bond acceptors (Lipinski definition) is 1. The predicted octanol–water partition coefficient (Wildman–Crippen LogP) is 0.605. The quantitative estimate of drug-likeness (QED) is 0.210. The molecule has 0 aromatic carbocycles. The van der Waals surface area contributed by atoms with Crippen LogP contribution in [0, 0.1) is 12.0 Å². The summed E-state index contributed by atoms with van der Waals surface area (Å²) in [6.45, 7) is 3.64. The first-order chi connectivity index (χ1) is 3.81. The number of amidine groups is 1. The Balaban J connectivity index is 3.51. The van der Waals surface area contributed by atoms with Crippen LogP contribution in [0.25, 0.3) is 0 Å². The van der Waals surface area contributed by atoms with Crippen LogP contribution >= 0.6 is 0 Å². The summed E-state index contributed by atoms with van der Waals surface area (Å²) < 4.78 is 0. The van der Waals surface area contributed by atoms with Crippen molar-refractivity contribution in [2.75, 3.05) is 7.05 Å². The first kappa shape index (κ1) is 7.03. The largest absolute Gasteiger partial charge is 0.303 e. The highest BCUT2D eigenvalue weighted by Crippen LogP contribution is 1.62. The highest BCUT2D eigenvalue weighted by Gasteiger charge is 1.75. The molecule has 2 heteroatoms. The van der Waals surface area contributed by atoms with Crippen LogP contribution in [0.4, 0.5) is 0 Å². The Morgan fingerprint density at radius 3 is 2.62 bits per heavy atom. The molecule has 0 aliphatic carbocycles. The Morgan fingerprint density at radius 2 is 2.25 bits per heavy atom. The Kier molecular flexibility index (Phi) is 3.69. The fourth-order valence-corrected chi connectivity index (χ4v) is 0.209. The van der Waals surface area contributed by atoms with Gasteiger partial charge in [-0.3, -0.25) is 4.99 Å². The molecular weight excluding hydrogens is 100 g/mol. The van der Waals surface area contributed by atoms with Crippen molar-refractivity contribution in [2.24, 2.45) is 4.99 Å². The number of hydrogen-bond donors (Lipinski definition) is 1. The third-order valence-corrected chi connectivity index (χ3v) is 0.704. The zero-order valence-electron chi connectivity index (χ0n) is 5.45. The molecule has 0 fully saturated rings. The Hall–Kier alpha value is -0.970. The summed E-state index contributed by atoms with van der Waals surface area (Å²) in [5, 5.41) is 2.77. The molecule has 0 saturated heterocycles. The standard InChI is InChI=1S/C6H10N2/c1-4-5-8-6(2)7-3/h1-3H3,(H,7,8). The Labute approximate surface area is 50.0 Å². The van der Waals surface area contributed by atoms with E-state index in [9.17, 15) is 0 Å². The second kappa shape index (κ2) is 4.20. The van der Waals surface area contributed by atoms with Crippen LogP contribution in [0.3, 0.4) is 0 Å². The average Bonchev–Trinajstić information content (AvgIpc) is 1.83. The van der Waals surface area contributed by atoms with Crippen LogP contribution in [0.5, 0.6) is 0 Å². The molecular formula is C6H10N2. The van der Waals surface area contributed by atoms with E-state index in [1.54, 1.807) is 14.0 Å². The number of nitrogens with one attached hydrogen (secondary N) is 1. The van der Waals surface area contributed by atoms with E-state index in [-0.39, 0.29) is 0 Å². The number of rotatable bonds is 0. The van der Waals surface area contributed by atoms with E-state index in [1.165, 1.54) is 0 Å². The fraction of sp³-hybridized carbons (Fsp3) is 0.500. The zero-order valence-corrected chi connectivity index (χ0v) is 5.45. The smallest absolute Gasteiger partial charge is 0.104 e. The van der Waals surface area contributed by atoms with Crippen molar-refractivity contribution >= 4 is 5.84 Å². The van der Waals surface area contributed by atoms with E-state index in [2.05, 4.69) is 22.3 Å². The lowest BCUT2D eigenvalue weighted by Crippen LogP contribution is -2.12. The van der Waals surface area contributed by atoms with Crippen molar-refractivity contribution in [3.05, 3.63) is 0 Å². The monoisotopic (exact) mass is 110 g/mol. The fourth-order valence-electron chi connectivity index (χ4n) is 0.209. The summed E-state index contributed by atoms with van der Waals surface area (Å²) in [5.74, 6) is 3.54. The average molecular weight is 110 g/mol. The van der Waals surface area contributed by atoms with Gasteiger partial charge in [0.25, 0.3) is 0 Å². The molecule has 0 aliphatic rings. The summed E-state index contributed by atoms with van der Waals surface area (Å²) in [6, 6.07) is 2.67. The molecule has 0 heterocycles. The van der Waals surface area contributed by atoms with Crippen molar-refractivity contribution < 1.29 is 0 Å². The summed E-state index contributed by atoms with van der Waals surface area (Å²) in [5.41, 5.74) is 0. The van der Waals surface area contributed by atoms with Gasteiger partial charge in [-0.05, 0) is 13.8 Å². The third-order valence-electron chi connectivity index (χ3n) is 0.704. The van der Waals surface area contributed by atoms with Crippen LogP contribution in [0.15, 0.2) is 4.99 Å². The van der Waals surface area contributed by atoms with Crippen molar-refractivity contribution in [1.82, 2.24) is 5.32 Å². The van der Waals surface area contributed by atoms with Gasteiger partial charge in [0.1, 0.15) is 5.84 Å². The minimum Gasteiger partial charge on any atom is -0.303 e. The van der Waals surface area contributed by atoms with E-state index in [0.717, 1.165) is 5.84 Å². The highest BCUT2D eigenvalue weighted by molar-refractivity contribution is 5.80. The first-order valence-corrected chi connectivity index (χ1v) is 2.42. The van der Waals surface area contributed by atoms with Crippen LogP contribution in [-0.4, -0.2) is 12.9 Å². The van der Waals surface area contributed by atoms with E-state index < -0.39 is 0 Å². The third kappa shape index (κ3) is 3.23. The zero-order chi connectivity index (χ0) is 6.41. The predicted molar refractivity (Wildman–Crippen MR) is 35.6 cm³/mol. The number of nitrogens with zero attached hydrogens (tertiary/aromatic N) is 1. The van der Waals surface area contributed by atoms with E-state index in [4.69, 9.17) is 0 Å². The summed E-state index contributed by atoms with van der Waals surface area (Å²) in [4.78, 5) is 3.83. The van der Waals surface area contributed by atoms with Gasteiger partial charge in [0, 0.05) is 13.1 Å². The second-order valence-electron chi connectivity index (χ2n) is 1.31. The van der Waals surface area contributed by atoms with Crippen molar-refractivity contribution in [2.45, 2.75) is 13.8 Å². The summed E-state index contributed by atoms with van der Waals surface area (Å²) >= 11 is 0. The second-order valence-corrected chi connectivity index (χ2v) is 1.31. The minimum absolute atomic E-state index is 0.847. The van der Waals surface area contributed by atoms with Gasteiger partial charge in [-0.15, -0.1) is 0 Å². The Morgan fingerprint density at radius 1 is 1.62 bits per heavy atom. The summed E-state index contributed by atoms with van der Waals surface area (Å²) in [6.07, 6.45) is 0. The molecule has 44 valence electrons. The van der Waals surface area contributed by atoms with Gasteiger partial charge in [-0.1, -0.05) is 5.92 Å². The molecule has 0 rings (SSSR count). The Bertz CT molecular complexity index is 136. The molecule has 0 spiro atoms. The molecule has 0 bridgehead atoms. The van der Waals surface area contributed by atoms with Crippen molar-refractivity contribution in [3.8, 4) is 12.0 Å². The molecule has 0 aliphatic heterocycles. The van der Waals surface area contributed by atoms with Gasteiger partial charge in [0.2, 0.25) is 0 Å². The molecule has 2 nitrogen and oxygen atoms in total. The SMILES string of the molecule is CC#CN/C(C)=N\C. The molecule has 0 aromatic rings. The molecule has 0 amide bonds. The minimum atomic E-state index is 0.847. The maximum absolute atomic E-state index is 3.83. The van der Waals surface area contributed by atoms with Gasteiger partial charge in [0.05, 0.1) is 0 Å². The van der Waals surface area contributed by atoms with Gasteiger partial charge < -0.3 is 5.32 Å². The van der Waals surface area contributed by atoms with Gasteiger partial charge in [-0.2, -0.15) is 0 Å². The topological polar surface area (TPSA) is 24.4 Å². The molecule has 1 N–H and O–H groups in total. The maximum Gasteiger partial charge on any atom is 0.104 e. The van der Waals surface area contributed by atoms with Gasteiger partial charge >= 0.3 is 0 Å². The normalized spacial score (nSPS) is 9.62. The van der Waals surface area contributed by atoms with E-state index >= 15 is 0 Å². The van der Waals surface area contributed by atoms with Crippen LogP contribution in [-0.2, 0) is 0 Å². The van der Waals surface area contributed by atoms with Gasteiger partial charge in [-0.25, -0.2) is 0 Å². The molecule has 0 unspecified atom stereocenters. The lowest BCUT2D eigenvalue weighted by Gasteiger charge is -1.89. The molecule has 8 heavy (non-hydrogen) atoms. The molecule has 0 radical (unpaired) electrons. The lowest BCUT2D eigenvalue weighted by molar-refractivity contribution is 1.26. The van der Waals surface area contributed by atoms with Crippen LogP contribution in [0.2, 0.25) is 0 Å². The highest BCUT2D eigenvalue weighted by atomic mass is 14.9. The lowest BCUT2D eigenvalue weighted by atomic mass is 10.6. The van der Waals surface area contributed by atoms with Crippen LogP contribution in [0.1, 0.15) is 13.8 Å². The molecule has 0 saturated carbocycles. The van der Waals surface area contributed by atoms with Gasteiger partial charge in [0.15, 0.2) is 0 Å². The number of aliphatic imine (C=N–C) groups is 1. The first-order valence-electron chi connectivity index (χ1n) is 2.42. The van der Waals surface area contributed by atoms with Crippen molar-refractivity contribution in [3.63, 3.8) is 0 Å². The van der Waals surface area contributed by atoms with E-state index in [1.807, 2.05) is 6.92 Å². The molecule has 0 atom stereocenters. The maximum atomic E-state index is 3.83. The molecule has 0 aromatic heterocycles. The van der Waals surface area contributed by atoms with E-state index in [0.29, 0.717) is 0 Å². The van der Waals surface area contributed by atoms with Crippen LogP contribution < -0.4 is 5.32 Å².